The standard InChI is InChI=1S/C19H33N3O3S/c23-26(24)8-6-16(14-26)10-21-19(20-9-15-5-7-25-13-15)22-11-17-3-1-2-4-18(17)12-22/h15-18H,1-14H2,(H,20,21). The normalized spacial score (nSPS) is 37.1. The molecule has 1 N–H and O–H groups in total. The van der Waals surface area contributed by atoms with Gasteiger partial charge in [0.2, 0.25) is 0 Å². The second-order valence-electron chi connectivity index (χ2n) is 8.75. The molecule has 6 nitrogen and oxygen atoms in total. The molecule has 3 saturated heterocycles. The van der Waals surface area contributed by atoms with E-state index in [1.165, 1.54) is 25.7 Å². The average Bonchev–Trinajstić information content (AvgIpc) is 3.34. The Balaban J connectivity index is 1.39. The van der Waals surface area contributed by atoms with Gasteiger partial charge in [-0.05, 0) is 43.4 Å². The molecule has 4 fully saturated rings. The lowest BCUT2D eigenvalue weighted by molar-refractivity contribution is 0.186. The van der Waals surface area contributed by atoms with Gasteiger partial charge in [0.05, 0.1) is 18.1 Å². The van der Waals surface area contributed by atoms with Crippen molar-refractivity contribution in [3.8, 4) is 0 Å². The van der Waals surface area contributed by atoms with Gasteiger partial charge in [-0.15, -0.1) is 0 Å². The summed E-state index contributed by atoms with van der Waals surface area (Å²) in [5.74, 6) is 4.05. The van der Waals surface area contributed by atoms with Gasteiger partial charge in [0.25, 0.3) is 0 Å². The van der Waals surface area contributed by atoms with E-state index in [0.717, 1.165) is 63.5 Å². The van der Waals surface area contributed by atoms with Crippen molar-refractivity contribution in [2.75, 3.05) is 50.9 Å². The third-order valence-corrected chi connectivity index (χ3v) is 8.51. The fraction of sp³-hybridized carbons (Fsp3) is 0.947. The molecule has 0 spiro atoms. The smallest absolute Gasteiger partial charge is 0.193 e. The van der Waals surface area contributed by atoms with Crippen LogP contribution in [0.5, 0.6) is 0 Å². The van der Waals surface area contributed by atoms with E-state index in [1.807, 2.05) is 0 Å². The fourth-order valence-electron chi connectivity index (χ4n) is 5.06. The van der Waals surface area contributed by atoms with Crippen LogP contribution < -0.4 is 5.32 Å². The summed E-state index contributed by atoms with van der Waals surface area (Å²) < 4.78 is 28.9. The number of nitrogens with one attached hydrogen (secondary N) is 1. The summed E-state index contributed by atoms with van der Waals surface area (Å²) in [4.78, 5) is 7.34. The van der Waals surface area contributed by atoms with E-state index in [4.69, 9.17) is 9.73 Å². The molecule has 7 heteroatoms. The molecule has 0 bridgehead atoms. The number of likely N-dealkylation sites (tertiary alicyclic amines) is 1. The van der Waals surface area contributed by atoms with Gasteiger partial charge in [0.15, 0.2) is 15.8 Å². The molecule has 0 radical (unpaired) electrons. The molecule has 4 unspecified atom stereocenters. The number of ether oxygens (including phenoxy) is 1. The maximum absolute atomic E-state index is 11.7. The van der Waals surface area contributed by atoms with Crippen LogP contribution in [0.15, 0.2) is 4.99 Å². The minimum Gasteiger partial charge on any atom is -0.381 e. The van der Waals surface area contributed by atoms with Gasteiger partial charge < -0.3 is 15.0 Å². The molecular formula is C19H33N3O3S. The van der Waals surface area contributed by atoms with Crippen molar-refractivity contribution in [3.05, 3.63) is 0 Å². The van der Waals surface area contributed by atoms with E-state index in [2.05, 4.69) is 10.2 Å². The first-order valence-electron chi connectivity index (χ1n) is 10.4. The fourth-order valence-corrected chi connectivity index (χ4v) is 6.91. The van der Waals surface area contributed by atoms with Gasteiger partial charge in [-0.1, -0.05) is 12.8 Å². The Labute approximate surface area is 157 Å². The zero-order valence-electron chi connectivity index (χ0n) is 15.7. The van der Waals surface area contributed by atoms with Crippen LogP contribution >= 0.6 is 0 Å². The summed E-state index contributed by atoms with van der Waals surface area (Å²) in [6.45, 7) is 5.47. The highest BCUT2D eigenvalue weighted by atomic mass is 32.2. The largest absolute Gasteiger partial charge is 0.381 e. The highest BCUT2D eigenvalue weighted by Crippen LogP contribution is 2.36. The summed E-state index contributed by atoms with van der Waals surface area (Å²) >= 11 is 0. The Morgan fingerprint density at radius 3 is 2.46 bits per heavy atom. The summed E-state index contributed by atoms with van der Waals surface area (Å²) in [5.41, 5.74) is 0. The van der Waals surface area contributed by atoms with Crippen molar-refractivity contribution in [3.63, 3.8) is 0 Å². The van der Waals surface area contributed by atoms with Crippen molar-refractivity contribution in [2.24, 2.45) is 28.7 Å². The van der Waals surface area contributed by atoms with E-state index in [1.54, 1.807) is 0 Å². The van der Waals surface area contributed by atoms with Crippen LogP contribution in [0.4, 0.5) is 0 Å². The molecule has 3 aliphatic heterocycles. The van der Waals surface area contributed by atoms with Crippen LogP contribution in [0.2, 0.25) is 0 Å². The molecule has 0 aromatic carbocycles. The number of hydrogen-bond acceptors (Lipinski definition) is 4. The van der Waals surface area contributed by atoms with E-state index >= 15 is 0 Å². The van der Waals surface area contributed by atoms with E-state index in [0.29, 0.717) is 24.0 Å². The highest BCUT2D eigenvalue weighted by molar-refractivity contribution is 7.91. The number of nitrogens with zero attached hydrogens (tertiary/aromatic N) is 2. The molecule has 0 amide bonds. The minimum atomic E-state index is -2.82. The Hall–Kier alpha value is -0.820. The van der Waals surface area contributed by atoms with Crippen LogP contribution in [0.3, 0.4) is 0 Å². The lowest BCUT2D eigenvalue weighted by Crippen LogP contribution is -2.42. The van der Waals surface area contributed by atoms with Gasteiger partial charge in [0.1, 0.15) is 0 Å². The first-order valence-corrected chi connectivity index (χ1v) is 12.2. The van der Waals surface area contributed by atoms with E-state index < -0.39 is 9.84 Å². The SMILES string of the molecule is O=S1(=O)CCC(CN=C(NCC2CCOC2)N2CC3CCCCC3C2)C1. The van der Waals surface area contributed by atoms with Crippen molar-refractivity contribution in [1.82, 2.24) is 10.2 Å². The summed E-state index contributed by atoms with van der Waals surface area (Å²) in [5, 5.41) is 3.60. The first-order chi connectivity index (χ1) is 12.6. The molecule has 4 atom stereocenters. The van der Waals surface area contributed by atoms with E-state index in [9.17, 15) is 8.42 Å². The van der Waals surface area contributed by atoms with Crippen LogP contribution in [-0.2, 0) is 14.6 Å². The Bertz CT molecular complexity index is 602. The average molecular weight is 384 g/mol. The van der Waals surface area contributed by atoms with Crippen LogP contribution in [0, 0.1) is 23.7 Å². The lowest BCUT2D eigenvalue weighted by atomic mass is 9.82. The molecule has 148 valence electrons. The molecule has 0 aromatic heterocycles. The van der Waals surface area contributed by atoms with Crippen molar-refractivity contribution in [2.45, 2.75) is 38.5 Å². The molecule has 4 rings (SSSR count). The first kappa shape index (κ1) is 18.5. The predicted octanol–water partition coefficient (Wildman–Crippen LogP) is 1.53. The Kier molecular flexibility index (Phi) is 5.74. The second kappa shape index (κ2) is 8.05. The highest BCUT2D eigenvalue weighted by Gasteiger charge is 2.36. The number of aliphatic imine (C=N–C) groups is 1. The third-order valence-electron chi connectivity index (χ3n) is 6.67. The zero-order valence-corrected chi connectivity index (χ0v) is 16.6. The molecule has 3 heterocycles. The van der Waals surface area contributed by atoms with Crippen molar-refractivity contribution in [1.29, 1.82) is 0 Å². The molecule has 26 heavy (non-hydrogen) atoms. The van der Waals surface area contributed by atoms with Gasteiger partial charge in [-0.3, -0.25) is 4.99 Å². The number of sulfone groups is 1. The van der Waals surface area contributed by atoms with Gasteiger partial charge in [0, 0.05) is 38.7 Å². The predicted molar refractivity (Wildman–Crippen MR) is 103 cm³/mol. The van der Waals surface area contributed by atoms with Crippen LogP contribution in [0.1, 0.15) is 38.5 Å². The van der Waals surface area contributed by atoms with Crippen LogP contribution in [-0.4, -0.2) is 70.2 Å². The lowest BCUT2D eigenvalue weighted by Gasteiger charge is -2.24. The minimum absolute atomic E-state index is 0.191. The van der Waals surface area contributed by atoms with Gasteiger partial charge in [-0.25, -0.2) is 8.42 Å². The summed E-state index contributed by atoms with van der Waals surface area (Å²) in [6, 6.07) is 0. The number of fused-ring (bicyclic) bond motifs is 1. The van der Waals surface area contributed by atoms with Gasteiger partial charge in [-0.2, -0.15) is 0 Å². The topological polar surface area (TPSA) is 71.0 Å². The quantitative estimate of drug-likeness (QED) is 0.589. The molecular weight excluding hydrogens is 350 g/mol. The Morgan fingerprint density at radius 2 is 1.85 bits per heavy atom. The number of guanidine groups is 1. The number of rotatable bonds is 4. The summed E-state index contributed by atoms with van der Waals surface area (Å²) in [7, 11) is -2.82. The second-order valence-corrected chi connectivity index (χ2v) is 11.0. The van der Waals surface area contributed by atoms with Crippen molar-refractivity contribution < 1.29 is 13.2 Å². The maximum atomic E-state index is 11.7. The Morgan fingerprint density at radius 1 is 1.08 bits per heavy atom. The molecule has 1 aliphatic carbocycles. The van der Waals surface area contributed by atoms with Gasteiger partial charge >= 0.3 is 0 Å². The number of hydrogen-bond donors (Lipinski definition) is 1. The monoisotopic (exact) mass is 383 g/mol. The molecule has 4 aliphatic rings. The third kappa shape index (κ3) is 4.53. The maximum Gasteiger partial charge on any atom is 0.193 e. The van der Waals surface area contributed by atoms with Crippen LogP contribution in [0.25, 0.3) is 0 Å². The van der Waals surface area contributed by atoms with Crippen molar-refractivity contribution >= 4 is 15.8 Å². The zero-order chi connectivity index (χ0) is 18.0. The van der Waals surface area contributed by atoms with E-state index in [-0.39, 0.29) is 5.92 Å². The summed E-state index contributed by atoms with van der Waals surface area (Å²) in [6.07, 6.45) is 7.33. The molecule has 0 aromatic rings. The molecule has 1 saturated carbocycles.